The molecule has 152 valence electrons. The van der Waals surface area contributed by atoms with Crippen LogP contribution in [-0.4, -0.2) is 44.7 Å². The lowest BCUT2D eigenvalue weighted by molar-refractivity contribution is -0.152. The van der Waals surface area contributed by atoms with Crippen molar-refractivity contribution in [3.05, 3.63) is 41.5 Å². The highest BCUT2D eigenvalue weighted by atomic mass is 32.2. The van der Waals surface area contributed by atoms with Gasteiger partial charge in [-0.15, -0.1) is 0 Å². The van der Waals surface area contributed by atoms with Gasteiger partial charge in [0.15, 0.2) is 0 Å². The third kappa shape index (κ3) is 3.53. The van der Waals surface area contributed by atoms with Crippen molar-refractivity contribution >= 4 is 21.8 Å². The van der Waals surface area contributed by atoms with Crippen LogP contribution >= 0.6 is 0 Å². The van der Waals surface area contributed by atoms with E-state index in [4.69, 9.17) is 4.74 Å². The average molecular weight is 406 g/mol. The van der Waals surface area contributed by atoms with Crippen LogP contribution in [0.1, 0.15) is 45.6 Å². The van der Waals surface area contributed by atoms with Gasteiger partial charge in [-0.1, -0.05) is 39.0 Å². The molecule has 1 fully saturated rings. The van der Waals surface area contributed by atoms with Crippen LogP contribution in [0.4, 0.5) is 0 Å². The van der Waals surface area contributed by atoms with Gasteiger partial charge in [0, 0.05) is 25.9 Å². The first kappa shape index (κ1) is 20.7. The lowest BCUT2D eigenvalue weighted by Crippen LogP contribution is -2.52. The van der Waals surface area contributed by atoms with Gasteiger partial charge >= 0.3 is 5.97 Å². The maximum atomic E-state index is 13.2. The standard InChI is InChI=1S/C21H27NO5S/c1-20(2,3)15-5-7-18(8-6-15)28(25,26)22-12-10-16-13-17(23)9-11-21(16,14-22)19(24)27-4/h5-8,10H,9,11-14H2,1-4H3. The Morgan fingerprint density at radius 2 is 1.82 bits per heavy atom. The Morgan fingerprint density at radius 3 is 2.39 bits per heavy atom. The molecule has 0 N–H and O–H groups in total. The summed E-state index contributed by atoms with van der Waals surface area (Å²) in [5.74, 6) is -0.408. The summed E-state index contributed by atoms with van der Waals surface area (Å²) >= 11 is 0. The zero-order valence-electron chi connectivity index (χ0n) is 16.8. The highest BCUT2D eigenvalue weighted by Crippen LogP contribution is 2.44. The molecule has 1 aromatic carbocycles. The Kier molecular flexibility index (Phi) is 5.27. The molecular weight excluding hydrogens is 378 g/mol. The van der Waals surface area contributed by atoms with E-state index in [0.717, 1.165) is 5.56 Å². The lowest BCUT2D eigenvalue weighted by Gasteiger charge is -2.42. The number of ether oxygens (including phenoxy) is 1. The van der Waals surface area contributed by atoms with Gasteiger partial charge in [0.25, 0.3) is 0 Å². The molecule has 0 amide bonds. The van der Waals surface area contributed by atoms with Gasteiger partial charge < -0.3 is 4.74 Å². The third-order valence-corrected chi connectivity index (χ3v) is 7.58. The number of carbonyl (C=O) groups is 2. The number of carbonyl (C=O) groups excluding carboxylic acids is 2. The molecule has 1 saturated carbocycles. The third-order valence-electron chi connectivity index (χ3n) is 5.75. The maximum absolute atomic E-state index is 13.2. The second kappa shape index (κ2) is 7.12. The second-order valence-electron chi connectivity index (χ2n) is 8.59. The first-order valence-electron chi connectivity index (χ1n) is 9.41. The predicted molar refractivity (Wildman–Crippen MR) is 105 cm³/mol. The summed E-state index contributed by atoms with van der Waals surface area (Å²) in [5, 5.41) is 0. The fourth-order valence-electron chi connectivity index (χ4n) is 3.96. The van der Waals surface area contributed by atoms with Crippen molar-refractivity contribution in [2.75, 3.05) is 20.2 Å². The number of Topliss-reactive ketones (excluding diaryl/α,β-unsaturated/α-hetero) is 1. The molecule has 0 aromatic heterocycles. The molecule has 2 aliphatic rings. The molecule has 28 heavy (non-hydrogen) atoms. The maximum Gasteiger partial charge on any atom is 0.317 e. The Balaban J connectivity index is 1.95. The molecule has 1 aromatic rings. The highest BCUT2D eigenvalue weighted by molar-refractivity contribution is 7.89. The van der Waals surface area contributed by atoms with Crippen LogP contribution in [0.3, 0.4) is 0 Å². The Bertz CT molecular complexity index is 925. The van der Waals surface area contributed by atoms with E-state index in [1.807, 2.05) is 12.1 Å². The van der Waals surface area contributed by atoms with E-state index in [1.165, 1.54) is 11.4 Å². The quantitative estimate of drug-likeness (QED) is 0.571. The summed E-state index contributed by atoms with van der Waals surface area (Å²) < 4.78 is 32.7. The van der Waals surface area contributed by atoms with Gasteiger partial charge in [0.1, 0.15) is 11.2 Å². The molecule has 1 aliphatic carbocycles. The number of ketones is 1. The number of methoxy groups -OCH3 is 1. The number of nitrogens with zero attached hydrogens (tertiary/aromatic N) is 1. The number of esters is 1. The number of hydrogen-bond donors (Lipinski definition) is 0. The molecule has 1 aliphatic heterocycles. The summed E-state index contributed by atoms with van der Waals surface area (Å²) in [6.07, 6.45) is 2.42. The highest BCUT2D eigenvalue weighted by Gasteiger charge is 2.51. The van der Waals surface area contributed by atoms with Gasteiger partial charge in [0.05, 0.1) is 12.0 Å². The number of benzene rings is 1. The topological polar surface area (TPSA) is 80.8 Å². The van der Waals surface area contributed by atoms with Crippen molar-refractivity contribution in [1.29, 1.82) is 0 Å². The molecule has 6 nitrogen and oxygen atoms in total. The fraction of sp³-hybridized carbons (Fsp3) is 0.524. The van der Waals surface area contributed by atoms with Crippen molar-refractivity contribution in [2.45, 2.75) is 50.3 Å². The molecule has 1 atom stereocenters. The Morgan fingerprint density at radius 1 is 1.18 bits per heavy atom. The van der Waals surface area contributed by atoms with E-state index in [-0.39, 0.29) is 48.4 Å². The van der Waals surface area contributed by atoms with Gasteiger partial charge in [-0.05, 0) is 35.1 Å². The number of sulfonamides is 1. The van der Waals surface area contributed by atoms with E-state index in [2.05, 4.69) is 20.8 Å². The summed E-state index contributed by atoms with van der Waals surface area (Å²) in [4.78, 5) is 24.7. The van der Waals surface area contributed by atoms with Gasteiger partial charge in [0.2, 0.25) is 10.0 Å². The molecule has 7 heteroatoms. The molecule has 3 rings (SSSR count). The predicted octanol–water partition coefficient (Wildman–Crippen LogP) is 2.83. The minimum absolute atomic E-state index is 0.00213. The van der Waals surface area contributed by atoms with E-state index in [1.54, 1.807) is 18.2 Å². The van der Waals surface area contributed by atoms with Crippen molar-refractivity contribution < 1.29 is 22.7 Å². The molecule has 0 spiro atoms. The first-order chi connectivity index (χ1) is 13.0. The molecule has 0 bridgehead atoms. The largest absolute Gasteiger partial charge is 0.468 e. The van der Waals surface area contributed by atoms with Crippen molar-refractivity contribution in [2.24, 2.45) is 5.41 Å². The van der Waals surface area contributed by atoms with Crippen LogP contribution in [0, 0.1) is 5.41 Å². The van der Waals surface area contributed by atoms with E-state index >= 15 is 0 Å². The lowest BCUT2D eigenvalue weighted by atomic mass is 9.68. The first-order valence-corrected chi connectivity index (χ1v) is 10.8. The van der Waals surface area contributed by atoms with Crippen molar-refractivity contribution in [1.82, 2.24) is 4.31 Å². The minimum Gasteiger partial charge on any atom is -0.468 e. The van der Waals surface area contributed by atoms with Crippen LogP contribution in [-0.2, 0) is 29.8 Å². The second-order valence-corrected chi connectivity index (χ2v) is 10.5. The number of hydrogen-bond acceptors (Lipinski definition) is 5. The van der Waals surface area contributed by atoms with Crippen LogP contribution < -0.4 is 0 Å². The fourth-order valence-corrected chi connectivity index (χ4v) is 5.40. The smallest absolute Gasteiger partial charge is 0.317 e. The van der Waals surface area contributed by atoms with Gasteiger partial charge in [-0.3, -0.25) is 9.59 Å². The zero-order valence-corrected chi connectivity index (χ0v) is 17.6. The SMILES string of the molecule is COC(=O)C12CCC(=O)CC1=CCN(S(=O)(=O)c1ccc(C(C)(C)C)cc1)C2. The van der Waals surface area contributed by atoms with Crippen LogP contribution in [0.5, 0.6) is 0 Å². The summed E-state index contributed by atoms with van der Waals surface area (Å²) in [7, 11) is -2.48. The normalized spacial score (nSPS) is 23.7. The van der Waals surface area contributed by atoms with Crippen molar-refractivity contribution in [3.63, 3.8) is 0 Å². The van der Waals surface area contributed by atoms with E-state index in [9.17, 15) is 18.0 Å². The summed E-state index contributed by atoms with van der Waals surface area (Å²) in [6, 6.07) is 6.88. The van der Waals surface area contributed by atoms with E-state index in [0.29, 0.717) is 5.57 Å². The molecule has 1 heterocycles. The molecule has 1 unspecified atom stereocenters. The van der Waals surface area contributed by atoms with Crippen LogP contribution in [0.25, 0.3) is 0 Å². The Labute approximate surface area is 166 Å². The zero-order chi connectivity index (χ0) is 20.7. The molecule has 0 saturated heterocycles. The van der Waals surface area contributed by atoms with Crippen LogP contribution in [0.2, 0.25) is 0 Å². The van der Waals surface area contributed by atoms with Crippen molar-refractivity contribution in [3.8, 4) is 0 Å². The number of fused-ring (bicyclic) bond motifs is 1. The Hall–Kier alpha value is -1.99. The monoisotopic (exact) mass is 405 g/mol. The van der Waals surface area contributed by atoms with Crippen LogP contribution in [0.15, 0.2) is 40.8 Å². The number of rotatable bonds is 3. The minimum atomic E-state index is -3.77. The summed E-state index contributed by atoms with van der Waals surface area (Å²) in [6.45, 7) is 6.35. The average Bonchev–Trinajstić information content (AvgIpc) is 2.66. The van der Waals surface area contributed by atoms with Gasteiger partial charge in [-0.25, -0.2) is 8.42 Å². The van der Waals surface area contributed by atoms with E-state index < -0.39 is 21.4 Å². The summed E-state index contributed by atoms with van der Waals surface area (Å²) in [5.41, 5.74) is 0.586. The molecular formula is C21H27NO5S. The molecule has 0 radical (unpaired) electrons. The van der Waals surface area contributed by atoms with Gasteiger partial charge in [-0.2, -0.15) is 4.31 Å².